The third-order valence-corrected chi connectivity index (χ3v) is 4.69. The first-order valence-electron chi connectivity index (χ1n) is 7.19. The first-order valence-corrected chi connectivity index (χ1v) is 8.67. The minimum Gasteiger partial charge on any atom is -0.384 e. The van der Waals surface area contributed by atoms with Gasteiger partial charge in [0.1, 0.15) is 0 Å². The van der Waals surface area contributed by atoms with Crippen LogP contribution in [-0.2, 0) is 21.3 Å². The van der Waals surface area contributed by atoms with Crippen LogP contribution in [0.5, 0.6) is 0 Å². The van der Waals surface area contributed by atoms with Crippen LogP contribution in [0.15, 0.2) is 23.1 Å². The summed E-state index contributed by atoms with van der Waals surface area (Å²) in [7, 11) is -1.86. The van der Waals surface area contributed by atoms with E-state index in [0.717, 1.165) is 17.7 Å². The summed E-state index contributed by atoms with van der Waals surface area (Å²) in [5.74, 6) is 0.136. The van der Waals surface area contributed by atoms with Gasteiger partial charge in [-0.2, -0.15) is 0 Å². The largest absolute Gasteiger partial charge is 0.384 e. The van der Waals surface area contributed by atoms with Crippen molar-refractivity contribution >= 4 is 10.0 Å². The van der Waals surface area contributed by atoms with Gasteiger partial charge >= 0.3 is 0 Å². The van der Waals surface area contributed by atoms with Crippen molar-refractivity contribution in [3.8, 4) is 0 Å². The molecule has 0 heterocycles. The Kier molecular flexibility index (Phi) is 7.31. The third-order valence-electron chi connectivity index (χ3n) is 3.27. The first-order chi connectivity index (χ1) is 9.90. The monoisotopic (exact) mass is 314 g/mol. The molecule has 0 aliphatic rings. The molecule has 0 aliphatic carbocycles. The molecule has 0 saturated carbocycles. The quantitative estimate of drug-likeness (QED) is 0.727. The van der Waals surface area contributed by atoms with Crippen molar-refractivity contribution in [3.05, 3.63) is 29.3 Å². The van der Waals surface area contributed by atoms with Gasteiger partial charge in [-0.15, -0.1) is 0 Å². The van der Waals surface area contributed by atoms with E-state index in [0.29, 0.717) is 24.6 Å². The fourth-order valence-electron chi connectivity index (χ4n) is 1.94. The standard InChI is InChI=1S/C15H26N2O3S/c1-5-16-10-14-8-15(7-6-13(14)3)21(18,19)17-9-12(2)11-20-4/h6-8,12,16-17H,5,9-11H2,1-4H3. The van der Waals surface area contributed by atoms with Crippen LogP contribution in [-0.4, -0.2) is 35.2 Å². The highest BCUT2D eigenvalue weighted by molar-refractivity contribution is 7.89. The molecule has 0 aliphatic heterocycles. The molecule has 21 heavy (non-hydrogen) atoms. The van der Waals surface area contributed by atoms with Crippen LogP contribution >= 0.6 is 0 Å². The topological polar surface area (TPSA) is 67.4 Å². The van der Waals surface area contributed by atoms with Crippen LogP contribution in [0, 0.1) is 12.8 Å². The van der Waals surface area contributed by atoms with Crippen molar-refractivity contribution < 1.29 is 13.2 Å². The number of ether oxygens (including phenoxy) is 1. The lowest BCUT2D eigenvalue weighted by Crippen LogP contribution is -2.30. The van der Waals surface area contributed by atoms with Crippen molar-refractivity contribution in [2.75, 3.05) is 26.8 Å². The second kappa shape index (κ2) is 8.48. The van der Waals surface area contributed by atoms with E-state index in [1.54, 1.807) is 19.2 Å². The van der Waals surface area contributed by atoms with Gasteiger partial charge in [0.15, 0.2) is 0 Å². The highest BCUT2D eigenvalue weighted by Crippen LogP contribution is 2.15. The molecule has 0 fully saturated rings. The molecule has 1 rings (SSSR count). The molecule has 120 valence electrons. The molecule has 1 aromatic rings. The molecule has 0 bridgehead atoms. The van der Waals surface area contributed by atoms with E-state index < -0.39 is 10.0 Å². The predicted molar refractivity (Wildman–Crippen MR) is 84.8 cm³/mol. The summed E-state index contributed by atoms with van der Waals surface area (Å²) in [6.45, 7) is 8.37. The number of benzene rings is 1. The van der Waals surface area contributed by atoms with E-state index in [-0.39, 0.29) is 5.92 Å². The first kappa shape index (κ1) is 18.1. The van der Waals surface area contributed by atoms with E-state index in [2.05, 4.69) is 10.0 Å². The summed E-state index contributed by atoms with van der Waals surface area (Å²) < 4.78 is 32.3. The Morgan fingerprint density at radius 2 is 2.05 bits per heavy atom. The molecule has 5 nitrogen and oxygen atoms in total. The fraction of sp³-hybridized carbons (Fsp3) is 0.600. The van der Waals surface area contributed by atoms with Gasteiger partial charge in [0, 0.05) is 26.8 Å². The Labute approximate surface area is 128 Å². The second-order valence-corrected chi connectivity index (χ2v) is 7.05. The number of hydrogen-bond acceptors (Lipinski definition) is 4. The number of rotatable bonds is 9. The minimum atomic E-state index is -3.47. The van der Waals surface area contributed by atoms with Crippen LogP contribution in [0.4, 0.5) is 0 Å². The van der Waals surface area contributed by atoms with Crippen LogP contribution in [0.1, 0.15) is 25.0 Å². The van der Waals surface area contributed by atoms with Crippen LogP contribution in [0.3, 0.4) is 0 Å². The number of hydrogen-bond donors (Lipinski definition) is 2. The summed E-state index contributed by atoms with van der Waals surface area (Å²) in [5.41, 5.74) is 2.09. The van der Waals surface area contributed by atoms with E-state index in [1.807, 2.05) is 26.8 Å². The Morgan fingerprint density at radius 1 is 1.33 bits per heavy atom. The number of methoxy groups -OCH3 is 1. The Hall–Kier alpha value is -0.950. The maximum atomic E-state index is 12.3. The van der Waals surface area contributed by atoms with Crippen LogP contribution < -0.4 is 10.0 Å². The molecule has 1 aromatic carbocycles. The Balaban J connectivity index is 2.83. The van der Waals surface area contributed by atoms with Crippen LogP contribution in [0.2, 0.25) is 0 Å². The van der Waals surface area contributed by atoms with Crippen molar-refractivity contribution in [2.24, 2.45) is 5.92 Å². The molecular weight excluding hydrogens is 288 g/mol. The lowest BCUT2D eigenvalue weighted by Gasteiger charge is -2.13. The number of aryl methyl sites for hydroxylation is 1. The van der Waals surface area contributed by atoms with Gasteiger partial charge in [-0.3, -0.25) is 0 Å². The van der Waals surface area contributed by atoms with Crippen LogP contribution in [0.25, 0.3) is 0 Å². The highest BCUT2D eigenvalue weighted by Gasteiger charge is 2.16. The Morgan fingerprint density at radius 3 is 2.67 bits per heavy atom. The third kappa shape index (κ3) is 5.74. The molecule has 1 atom stereocenters. The Bertz CT molecular complexity index is 544. The SMILES string of the molecule is CCNCc1cc(S(=O)(=O)NCC(C)COC)ccc1C. The highest BCUT2D eigenvalue weighted by atomic mass is 32.2. The average Bonchev–Trinajstić information content (AvgIpc) is 2.44. The van der Waals surface area contributed by atoms with E-state index in [4.69, 9.17) is 4.74 Å². The molecule has 0 amide bonds. The van der Waals surface area contributed by atoms with Gasteiger partial charge in [-0.25, -0.2) is 13.1 Å². The fourth-order valence-corrected chi connectivity index (χ4v) is 3.16. The molecule has 0 saturated heterocycles. The molecule has 0 radical (unpaired) electrons. The van der Waals surface area contributed by atoms with E-state index in [1.165, 1.54) is 0 Å². The zero-order chi connectivity index (χ0) is 15.9. The smallest absolute Gasteiger partial charge is 0.240 e. The van der Waals surface area contributed by atoms with Gasteiger partial charge in [-0.1, -0.05) is 19.9 Å². The van der Waals surface area contributed by atoms with Crippen molar-refractivity contribution in [2.45, 2.75) is 32.2 Å². The van der Waals surface area contributed by atoms with Crippen molar-refractivity contribution in [1.29, 1.82) is 0 Å². The summed E-state index contributed by atoms with van der Waals surface area (Å²) in [6, 6.07) is 5.23. The lowest BCUT2D eigenvalue weighted by molar-refractivity contribution is 0.161. The maximum Gasteiger partial charge on any atom is 0.240 e. The number of nitrogens with one attached hydrogen (secondary N) is 2. The normalized spacial score (nSPS) is 13.3. The second-order valence-electron chi connectivity index (χ2n) is 5.28. The van der Waals surface area contributed by atoms with Gasteiger partial charge in [0.05, 0.1) is 4.90 Å². The zero-order valence-corrected chi connectivity index (χ0v) is 14.1. The van der Waals surface area contributed by atoms with Crippen molar-refractivity contribution in [1.82, 2.24) is 10.0 Å². The van der Waals surface area contributed by atoms with Gasteiger partial charge in [0.25, 0.3) is 0 Å². The predicted octanol–water partition coefficient (Wildman–Crippen LogP) is 1.67. The molecule has 0 spiro atoms. The molecular formula is C15H26N2O3S. The van der Waals surface area contributed by atoms with Gasteiger partial charge < -0.3 is 10.1 Å². The summed E-state index contributed by atoms with van der Waals surface area (Å²) in [6.07, 6.45) is 0. The minimum absolute atomic E-state index is 0.136. The lowest BCUT2D eigenvalue weighted by atomic mass is 10.1. The molecule has 1 unspecified atom stereocenters. The summed E-state index contributed by atoms with van der Waals surface area (Å²) >= 11 is 0. The van der Waals surface area contributed by atoms with Gasteiger partial charge in [0.2, 0.25) is 10.0 Å². The average molecular weight is 314 g/mol. The maximum absolute atomic E-state index is 12.3. The van der Waals surface area contributed by atoms with Gasteiger partial charge in [-0.05, 0) is 42.6 Å². The molecule has 2 N–H and O–H groups in total. The zero-order valence-electron chi connectivity index (χ0n) is 13.3. The van der Waals surface area contributed by atoms with E-state index in [9.17, 15) is 8.42 Å². The molecule has 0 aromatic heterocycles. The molecule has 6 heteroatoms. The number of sulfonamides is 1. The summed E-state index contributed by atoms with van der Waals surface area (Å²) in [4.78, 5) is 0.311. The van der Waals surface area contributed by atoms with E-state index >= 15 is 0 Å². The van der Waals surface area contributed by atoms with Crippen molar-refractivity contribution in [3.63, 3.8) is 0 Å². The summed E-state index contributed by atoms with van der Waals surface area (Å²) in [5, 5.41) is 3.22.